The lowest BCUT2D eigenvalue weighted by Gasteiger charge is -2.45. The molecule has 0 aromatic carbocycles. The maximum Gasteiger partial charge on any atom is 0.400 e. The molecule has 7 nitrogen and oxygen atoms in total. The summed E-state index contributed by atoms with van der Waals surface area (Å²) in [6, 6.07) is 0. The highest BCUT2D eigenvalue weighted by molar-refractivity contribution is 8.01. The van der Waals surface area contributed by atoms with Crippen molar-refractivity contribution in [3.05, 3.63) is 0 Å². The van der Waals surface area contributed by atoms with Crippen molar-refractivity contribution in [2.24, 2.45) is 17.8 Å². The molecule has 12 heteroatoms. The van der Waals surface area contributed by atoms with E-state index in [1.165, 1.54) is 11.8 Å². The van der Waals surface area contributed by atoms with E-state index >= 15 is 0 Å². The number of carbonyl (C=O) groups excluding carboxylic acids is 1. The fraction of sp³-hybridized carbons (Fsp3) is 0.941. The Balaban J connectivity index is 2.02. The Morgan fingerprint density at radius 3 is 2.14 bits per heavy atom. The molecule has 2 rings (SSSR count). The molecule has 170 valence electrons. The number of thioether (sulfide) groups is 1. The largest absolute Gasteiger partial charge is 0.465 e. The molecule has 0 spiro atoms. The van der Waals surface area contributed by atoms with E-state index < -0.39 is 63.6 Å². The number of carbonyl (C=O) groups is 1. The van der Waals surface area contributed by atoms with E-state index in [4.69, 9.17) is 9.29 Å². The van der Waals surface area contributed by atoms with Gasteiger partial charge in [-0.3, -0.25) is 9.35 Å². The van der Waals surface area contributed by atoms with Gasteiger partial charge in [0.05, 0.1) is 23.7 Å². The molecule has 0 amide bonds. The van der Waals surface area contributed by atoms with E-state index in [2.05, 4.69) is 0 Å². The number of alkyl halides is 3. The van der Waals surface area contributed by atoms with Crippen molar-refractivity contribution in [1.29, 1.82) is 0 Å². The second-order valence-corrected chi connectivity index (χ2v) is 11.7. The summed E-state index contributed by atoms with van der Waals surface area (Å²) in [5, 5.41) is 15.6. The van der Waals surface area contributed by atoms with E-state index in [9.17, 15) is 36.6 Å². The van der Waals surface area contributed by atoms with Crippen LogP contribution in [0, 0.1) is 17.8 Å². The minimum absolute atomic E-state index is 0.119. The van der Waals surface area contributed by atoms with Crippen molar-refractivity contribution in [3.63, 3.8) is 0 Å². The van der Waals surface area contributed by atoms with E-state index in [-0.39, 0.29) is 16.4 Å². The van der Waals surface area contributed by atoms with Crippen LogP contribution in [0.25, 0.3) is 0 Å². The molecule has 0 radical (unpaired) electrons. The second kappa shape index (κ2) is 7.85. The van der Waals surface area contributed by atoms with Gasteiger partial charge in [-0.05, 0) is 34.1 Å². The van der Waals surface area contributed by atoms with Gasteiger partial charge >= 0.3 is 21.3 Å². The predicted molar refractivity (Wildman–Crippen MR) is 99.8 cm³/mol. The van der Waals surface area contributed by atoms with Crippen LogP contribution in [0.1, 0.15) is 40.5 Å². The van der Waals surface area contributed by atoms with Crippen LogP contribution in [0.4, 0.5) is 13.2 Å². The molecule has 0 aromatic rings. The Morgan fingerprint density at radius 1 is 1.17 bits per heavy atom. The molecule has 0 aromatic heterocycles. The summed E-state index contributed by atoms with van der Waals surface area (Å²) in [6.45, 7) is 5.67. The molecular formula is C17H27F3O7S2. The Kier molecular flexibility index (Phi) is 6.69. The molecular weight excluding hydrogens is 437 g/mol. The highest BCUT2D eigenvalue weighted by atomic mass is 32.2. The van der Waals surface area contributed by atoms with Gasteiger partial charge in [-0.1, -0.05) is 0 Å². The third-order valence-corrected chi connectivity index (χ3v) is 8.33. The monoisotopic (exact) mass is 464 g/mol. The number of esters is 1. The van der Waals surface area contributed by atoms with Crippen LogP contribution in [-0.2, 0) is 19.6 Å². The second-order valence-electron chi connectivity index (χ2n) is 8.80. The summed E-state index contributed by atoms with van der Waals surface area (Å²) in [5.41, 5.74) is -2.29. The maximum atomic E-state index is 13.5. The normalized spacial score (nSPS) is 31.7. The predicted octanol–water partition coefficient (Wildman–Crippen LogP) is 2.02. The van der Waals surface area contributed by atoms with Gasteiger partial charge in [-0.2, -0.15) is 29.0 Å². The molecule has 2 fully saturated rings. The standard InChI is InChI=1S/C17H27F3O7S2/c1-15(2,22)11-9-7-8(13(28-9)12(11)16(3,4)23)14(21)27-6-5-10(18)17(19,20)29(24,25)26/h8-13,22-23H,5-7H2,1-4H3,(H,24,25,26). The van der Waals surface area contributed by atoms with Crippen molar-refractivity contribution in [2.75, 3.05) is 6.61 Å². The first-order valence-corrected chi connectivity index (χ1v) is 11.5. The van der Waals surface area contributed by atoms with Crippen molar-refractivity contribution < 1.29 is 45.9 Å². The molecule has 0 aliphatic carbocycles. The number of hydrogen-bond acceptors (Lipinski definition) is 7. The molecule has 29 heavy (non-hydrogen) atoms. The Labute approximate surface area is 172 Å². The van der Waals surface area contributed by atoms with Gasteiger partial charge in [-0.15, -0.1) is 0 Å². The van der Waals surface area contributed by atoms with Gasteiger partial charge in [0.25, 0.3) is 0 Å². The molecule has 6 atom stereocenters. The molecule has 2 saturated heterocycles. The molecule has 0 saturated carbocycles. The number of aliphatic hydroxyl groups is 2. The van der Waals surface area contributed by atoms with E-state index in [1.54, 1.807) is 27.7 Å². The van der Waals surface area contributed by atoms with Crippen LogP contribution in [0.2, 0.25) is 0 Å². The van der Waals surface area contributed by atoms with Gasteiger partial charge in [0.1, 0.15) is 0 Å². The highest BCUT2D eigenvalue weighted by Gasteiger charge is 2.63. The minimum atomic E-state index is -5.92. The Morgan fingerprint density at radius 2 is 1.69 bits per heavy atom. The first kappa shape index (κ1) is 24.7. The topological polar surface area (TPSA) is 121 Å². The van der Waals surface area contributed by atoms with Crippen LogP contribution in [-0.4, -0.2) is 68.9 Å². The molecule has 2 bridgehead atoms. The zero-order valence-corrected chi connectivity index (χ0v) is 18.1. The maximum absolute atomic E-state index is 13.5. The van der Waals surface area contributed by atoms with Crippen LogP contribution in [0.3, 0.4) is 0 Å². The van der Waals surface area contributed by atoms with Gasteiger partial charge in [0.2, 0.25) is 0 Å². The number of fused-ring (bicyclic) bond motifs is 2. The summed E-state index contributed by atoms with van der Waals surface area (Å²) < 4.78 is 74.3. The Hall–Kier alpha value is -0.560. The minimum Gasteiger partial charge on any atom is -0.465 e. The number of rotatable bonds is 8. The number of hydrogen-bond donors (Lipinski definition) is 3. The fourth-order valence-electron chi connectivity index (χ4n) is 4.40. The zero-order chi connectivity index (χ0) is 22.6. The van der Waals surface area contributed by atoms with Crippen LogP contribution in [0.15, 0.2) is 0 Å². The summed E-state index contributed by atoms with van der Waals surface area (Å²) in [7, 11) is -5.92. The quantitative estimate of drug-likeness (QED) is 0.369. The molecule has 2 heterocycles. The fourth-order valence-corrected chi connectivity index (χ4v) is 7.32. The smallest absolute Gasteiger partial charge is 0.400 e. The average Bonchev–Trinajstić information content (AvgIpc) is 3.10. The van der Waals surface area contributed by atoms with Crippen molar-refractivity contribution in [3.8, 4) is 0 Å². The summed E-state index contributed by atoms with van der Waals surface area (Å²) in [4.78, 5) is 12.4. The zero-order valence-electron chi connectivity index (χ0n) is 16.5. The summed E-state index contributed by atoms with van der Waals surface area (Å²) in [6.07, 6.45) is -3.98. The SMILES string of the molecule is CC(C)(O)C1C2CC(C(=O)OCCC(F)C(F)(F)S(=O)(=O)O)C(S2)C1C(C)(C)O. The lowest BCUT2D eigenvalue weighted by Crippen LogP contribution is -2.54. The van der Waals surface area contributed by atoms with Crippen LogP contribution in [0.5, 0.6) is 0 Å². The van der Waals surface area contributed by atoms with Gasteiger partial charge in [-0.25, -0.2) is 4.39 Å². The van der Waals surface area contributed by atoms with Gasteiger partial charge < -0.3 is 14.9 Å². The molecule has 2 aliphatic heterocycles. The first-order valence-electron chi connectivity index (χ1n) is 9.14. The lowest BCUT2D eigenvalue weighted by molar-refractivity contribution is -0.154. The third-order valence-electron chi connectivity index (χ3n) is 5.61. The van der Waals surface area contributed by atoms with Crippen LogP contribution < -0.4 is 0 Å². The Bertz CT molecular complexity index is 730. The van der Waals surface area contributed by atoms with Gasteiger partial charge in [0.15, 0.2) is 6.17 Å². The highest BCUT2D eigenvalue weighted by Crippen LogP contribution is 2.61. The van der Waals surface area contributed by atoms with E-state index in [0.29, 0.717) is 6.42 Å². The third kappa shape index (κ3) is 4.86. The van der Waals surface area contributed by atoms with Crippen molar-refractivity contribution in [2.45, 2.75) is 73.7 Å². The summed E-state index contributed by atoms with van der Waals surface area (Å²) in [5.74, 6) is -2.12. The van der Waals surface area contributed by atoms with Crippen LogP contribution >= 0.6 is 11.8 Å². The van der Waals surface area contributed by atoms with E-state index in [0.717, 1.165) is 0 Å². The number of halogens is 3. The van der Waals surface area contributed by atoms with E-state index in [1.807, 2.05) is 0 Å². The molecule has 2 aliphatic rings. The summed E-state index contributed by atoms with van der Waals surface area (Å²) >= 11 is 1.46. The molecule has 6 unspecified atom stereocenters. The van der Waals surface area contributed by atoms with Crippen molar-refractivity contribution in [1.82, 2.24) is 0 Å². The first-order chi connectivity index (χ1) is 12.9. The average molecular weight is 465 g/mol. The number of ether oxygens (including phenoxy) is 1. The van der Waals surface area contributed by atoms with Crippen molar-refractivity contribution >= 4 is 27.8 Å². The lowest BCUT2D eigenvalue weighted by atomic mass is 9.63. The molecule has 3 N–H and O–H groups in total. The van der Waals surface area contributed by atoms with Gasteiger partial charge in [0, 0.05) is 28.8 Å².